The molecule has 0 unspecified atom stereocenters. The molecule has 2 rings (SSSR count). The maximum atomic E-state index is 11.9. The Kier molecular flexibility index (Phi) is 3.28. The van der Waals surface area contributed by atoms with Gasteiger partial charge in [-0.2, -0.15) is 0 Å². The maximum Gasteiger partial charge on any atom is 0.333 e. The predicted molar refractivity (Wildman–Crippen MR) is 70.1 cm³/mol. The van der Waals surface area contributed by atoms with Gasteiger partial charge in [-0.15, -0.1) is 0 Å². The molecule has 0 spiro atoms. The molecule has 0 aliphatic heterocycles. The number of aromatic hydroxyl groups is 1. The summed E-state index contributed by atoms with van der Waals surface area (Å²) < 4.78 is 1.89. The predicted octanol–water partition coefficient (Wildman–Crippen LogP) is -0.0648. The second-order valence-electron chi connectivity index (χ2n) is 3.91. The van der Waals surface area contributed by atoms with Gasteiger partial charge in [-0.1, -0.05) is 0 Å². The zero-order valence-electron chi connectivity index (χ0n) is 10.4. The van der Waals surface area contributed by atoms with E-state index in [-0.39, 0.29) is 5.56 Å². The van der Waals surface area contributed by atoms with Crippen LogP contribution in [0.4, 0.5) is 5.69 Å². The molecule has 0 amide bonds. The molecule has 19 heavy (non-hydrogen) atoms. The Morgan fingerprint density at radius 3 is 2.68 bits per heavy atom. The third-order valence-corrected chi connectivity index (χ3v) is 2.66. The summed E-state index contributed by atoms with van der Waals surface area (Å²) in [5.74, 6) is -0.416. The van der Waals surface area contributed by atoms with Crippen LogP contribution in [0.25, 0.3) is 0 Å². The molecule has 0 bridgehead atoms. The fraction of sp³-hybridized carbons (Fsp3) is 0.167. The van der Waals surface area contributed by atoms with Crippen molar-refractivity contribution in [2.45, 2.75) is 0 Å². The van der Waals surface area contributed by atoms with Crippen molar-refractivity contribution < 1.29 is 5.11 Å². The first-order chi connectivity index (χ1) is 9.02. The standard InChI is InChI=1S/C12H12N4O3/c1-15-10(17)9(11(18)16(2)12(15)19)7-14-8-4-3-5-13-6-8/h3-7,17H,1-2H3. The molecule has 2 aromatic rings. The molecule has 0 radical (unpaired) electrons. The molecule has 0 saturated carbocycles. The van der Waals surface area contributed by atoms with Crippen LogP contribution < -0.4 is 11.2 Å². The van der Waals surface area contributed by atoms with Gasteiger partial charge in [0.25, 0.3) is 5.56 Å². The summed E-state index contributed by atoms with van der Waals surface area (Å²) >= 11 is 0. The number of hydrogen-bond donors (Lipinski definition) is 1. The van der Waals surface area contributed by atoms with Crippen LogP contribution in [0.3, 0.4) is 0 Å². The summed E-state index contributed by atoms with van der Waals surface area (Å²) in [6, 6.07) is 3.40. The third kappa shape index (κ3) is 2.30. The van der Waals surface area contributed by atoms with Gasteiger partial charge in [0.15, 0.2) is 0 Å². The van der Waals surface area contributed by atoms with Gasteiger partial charge >= 0.3 is 5.69 Å². The third-order valence-electron chi connectivity index (χ3n) is 2.66. The van der Waals surface area contributed by atoms with E-state index in [9.17, 15) is 14.7 Å². The summed E-state index contributed by atoms with van der Waals surface area (Å²) in [5, 5.41) is 9.80. The van der Waals surface area contributed by atoms with E-state index in [1.54, 1.807) is 18.3 Å². The van der Waals surface area contributed by atoms with Gasteiger partial charge in [0, 0.05) is 26.5 Å². The molecule has 0 fully saturated rings. The highest BCUT2D eigenvalue weighted by atomic mass is 16.3. The number of aromatic nitrogens is 3. The van der Waals surface area contributed by atoms with Crippen molar-refractivity contribution in [1.82, 2.24) is 14.1 Å². The zero-order chi connectivity index (χ0) is 14.0. The van der Waals surface area contributed by atoms with E-state index in [1.165, 1.54) is 26.5 Å². The monoisotopic (exact) mass is 260 g/mol. The largest absolute Gasteiger partial charge is 0.494 e. The molecule has 0 atom stereocenters. The van der Waals surface area contributed by atoms with Gasteiger partial charge in [-0.05, 0) is 12.1 Å². The van der Waals surface area contributed by atoms with Crippen LogP contribution in [0.5, 0.6) is 5.88 Å². The van der Waals surface area contributed by atoms with E-state index in [0.29, 0.717) is 5.69 Å². The minimum absolute atomic E-state index is 0.0477. The number of rotatable bonds is 2. The molecule has 98 valence electrons. The second kappa shape index (κ2) is 4.89. The lowest BCUT2D eigenvalue weighted by molar-refractivity contribution is 0.410. The summed E-state index contributed by atoms with van der Waals surface area (Å²) in [6.07, 6.45) is 4.33. The van der Waals surface area contributed by atoms with Crippen molar-refractivity contribution in [3.8, 4) is 5.88 Å². The maximum absolute atomic E-state index is 11.9. The van der Waals surface area contributed by atoms with Gasteiger partial charge < -0.3 is 5.11 Å². The highest BCUT2D eigenvalue weighted by Gasteiger charge is 2.12. The lowest BCUT2D eigenvalue weighted by atomic mass is 10.3. The van der Waals surface area contributed by atoms with Crippen LogP contribution >= 0.6 is 0 Å². The highest BCUT2D eigenvalue weighted by Crippen LogP contribution is 2.10. The topological polar surface area (TPSA) is 89.5 Å². The normalized spacial score (nSPS) is 11.1. The zero-order valence-corrected chi connectivity index (χ0v) is 10.4. The van der Waals surface area contributed by atoms with Crippen LogP contribution in [-0.2, 0) is 14.1 Å². The molecule has 2 aromatic heterocycles. The Hall–Kier alpha value is -2.70. The molecule has 7 nitrogen and oxygen atoms in total. The van der Waals surface area contributed by atoms with Gasteiger partial charge in [-0.25, -0.2) is 4.79 Å². The molecule has 7 heteroatoms. The quantitative estimate of drug-likeness (QED) is 0.766. The van der Waals surface area contributed by atoms with Crippen molar-refractivity contribution >= 4 is 11.9 Å². The molecule has 0 aromatic carbocycles. The summed E-state index contributed by atoms with van der Waals surface area (Å²) in [6.45, 7) is 0. The molecule has 0 aliphatic rings. The lowest BCUT2D eigenvalue weighted by Gasteiger charge is -2.06. The van der Waals surface area contributed by atoms with Crippen molar-refractivity contribution in [3.63, 3.8) is 0 Å². The SMILES string of the molecule is Cn1c(O)c(C=Nc2cccnc2)c(=O)n(C)c1=O. The summed E-state index contributed by atoms with van der Waals surface area (Å²) in [7, 11) is 2.71. The van der Waals surface area contributed by atoms with Crippen molar-refractivity contribution in [1.29, 1.82) is 0 Å². The number of hydrogen-bond acceptors (Lipinski definition) is 5. The van der Waals surface area contributed by atoms with Crippen LogP contribution in [0.15, 0.2) is 39.1 Å². The minimum atomic E-state index is -0.603. The fourth-order valence-corrected chi connectivity index (χ4v) is 1.54. The number of nitrogens with zero attached hydrogens (tertiary/aromatic N) is 4. The van der Waals surface area contributed by atoms with E-state index in [1.807, 2.05) is 0 Å². The molecular formula is C12H12N4O3. The van der Waals surface area contributed by atoms with Gasteiger partial charge in [-0.3, -0.25) is 23.9 Å². The molecule has 0 saturated heterocycles. The molecule has 0 aliphatic carbocycles. The average molecular weight is 260 g/mol. The molecular weight excluding hydrogens is 248 g/mol. The summed E-state index contributed by atoms with van der Waals surface area (Å²) in [5.41, 5.74) is -0.708. The Balaban J connectivity index is 2.56. The van der Waals surface area contributed by atoms with E-state index in [4.69, 9.17) is 0 Å². The van der Waals surface area contributed by atoms with Crippen molar-refractivity contribution in [3.05, 3.63) is 50.9 Å². The van der Waals surface area contributed by atoms with Crippen LogP contribution in [-0.4, -0.2) is 25.4 Å². The van der Waals surface area contributed by atoms with Gasteiger partial charge in [0.1, 0.15) is 5.56 Å². The van der Waals surface area contributed by atoms with Gasteiger partial charge in [0.2, 0.25) is 5.88 Å². The van der Waals surface area contributed by atoms with Crippen LogP contribution in [0, 0.1) is 0 Å². The van der Waals surface area contributed by atoms with Crippen molar-refractivity contribution in [2.24, 2.45) is 19.1 Å². The first-order valence-electron chi connectivity index (χ1n) is 5.45. The van der Waals surface area contributed by atoms with Crippen molar-refractivity contribution in [2.75, 3.05) is 0 Å². The minimum Gasteiger partial charge on any atom is -0.494 e. The first kappa shape index (κ1) is 12.7. The average Bonchev–Trinajstić information content (AvgIpc) is 2.44. The summed E-state index contributed by atoms with van der Waals surface area (Å²) in [4.78, 5) is 31.3. The van der Waals surface area contributed by atoms with E-state index in [2.05, 4.69) is 9.98 Å². The Labute approximate surface area is 108 Å². The van der Waals surface area contributed by atoms with Gasteiger partial charge in [0.05, 0.1) is 11.9 Å². The number of pyridine rings is 1. The van der Waals surface area contributed by atoms with Crippen LogP contribution in [0.2, 0.25) is 0 Å². The Morgan fingerprint density at radius 1 is 1.32 bits per heavy atom. The molecule has 1 N–H and O–H groups in total. The van der Waals surface area contributed by atoms with E-state index in [0.717, 1.165) is 9.13 Å². The number of aliphatic imine (C=N–C) groups is 1. The Morgan fingerprint density at radius 2 is 2.05 bits per heavy atom. The highest BCUT2D eigenvalue weighted by molar-refractivity contribution is 5.83. The van der Waals surface area contributed by atoms with Crippen LogP contribution in [0.1, 0.15) is 5.56 Å². The second-order valence-corrected chi connectivity index (χ2v) is 3.91. The van der Waals surface area contributed by atoms with E-state index < -0.39 is 17.1 Å². The Bertz CT molecular complexity index is 744. The lowest BCUT2D eigenvalue weighted by Crippen LogP contribution is -2.38. The first-order valence-corrected chi connectivity index (χ1v) is 5.45. The van der Waals surface area contributed by atoms with E-state index >= 15 is 0 Å². The smallest absolute Gasteiger partial charge is 0.333 e. The fourth-order valence-electron chi connectivity index (χ4n) is 1.54. The molecule has 2 heterocycles.